The summed E-state index contributed by atoms with van der Waals surface area (Å²) in [6, 6.07) is 4.22. The van der Waals surface area contributed by atoms with Crippen molar-refractivity contribution in [2.45, 2.75) is 31.6 Å². The van der Waals surface area contributed by atoms with Crippen LogP contribution in [0.1, 0.15) is 45.4 Å². The Balaban J connectivity index is 1.82. The van der Waals surface area contributed by atoms with Gasteiger partial charge in [0.1, 0.15) is 15.8 Å². The van der Waals surface area contributed by atoms with Crippen molar-refractivity contribution in [3.05, 3.63) is 59.8 Å². The number of aryl methyl sites for hydroxylation is 2. The number of nitrogens with one attached hydrogen (secondary N) is 2. The van der Waals surface area contributed by atoms with Crippen LogP contribution in [-0.2, 0) is 12.8 Å². The maximum absolute atomic E-state index is 12.7. The SMILES string of the molecule is N#C[C@@H](C(=O)c1cc(Cl)[nH]c(=O)c1)c1nc2sc3c(c2c(=O)[nH]1)CCCC3. The molecule has 0 fully saturated rings. The van der Waals surface area contributed by atoms with Crippen LogP contribution < -0.4 is 11.1 Å². The summed E-state index contributed by atoms with van der Waals surface area (Å²) in [5.41, 5.74) is 0.128. The fourth-order valence-electron chi connectivity index (χ4n) is 3.38. The standard InChI is InChI=1S/C18H13ClN4O3S/c19-12-5-8(6-13(24)21-12)15(25)10(7-20)16-22-17(26)14-9-3-1-2-4-11(9)27-18(14)23-16/h5-6,10H,1-4H2,(H,21,24)(H,22,23,26)/t10-/m0/s1. The van der Waals surface area contributed by atoms with Gasteiger partial charge in [0.2, 0.25) is 5.56 Å². The van der Waals surface area contributed by atoms with Crippen LogP contribution in [0.25, 0.3) is 10.2 Å². The zero-order valence-corrected chi connectivity index (χ0v) is 15.5. The molecule has 1 atom stereocenters. The Kier molecular flexibility index (Phi) is 4.42. The monoisotopic (exact) mass is 400 g/mol. The molecule has 2 N–H and O–H groups in total. The highest BCUT2D eigenvalue weighted by Gasteiger charge is 2.27. The smallest absolute Gasteiger partial charge is 0.259 e. The molecule has 1 aliphatic carbocycles. The van der Waals surface area contributed by atoms with Crippen LogP contribution in [0.15, 0.2) is 21.7 Å². The van der Waals surface area contributed by atoms with Gasteiger partial charge in [0.25, 0.3) is 5.56 Å². The van der Waals surface area contributed by atoms with E-state index in [0.717, 1.165) is 42.2 Å². The number of carbonyl (C=O) groups excluding carboxylic acids is 1. The second-order valence-electron chi connectivity index (χ2n) is 6.35. The predicted octanol–water partition coefficient (Wildman–Crippen LogP) is 2.70. The minimum atomic E-state index is -1.33. The van der Waals surface area contributed by atoms with Crippen LogP contribution in [0.3, 0.4) is 0 Å². The second kappa shape index (κ2) is 6.76. The van der Waals surface area contributed by atoms with Gasteiger partial charge in [-0.05, 0) is 37.3 Å². The zero-order valence-electron chi connectivity index (χ0n) is 14.0. The lowest BCUT2D eigenvalue weighted by Crippen LogP contribution is -2.21. The van der Waals surface area contributed by atoms with E-state index in [1.165, 1.54) is 17.4 Å². The number of rotatable bonds is 3. The van der Waals surface area contributed by atoms with Gasteiger partial charge in [-0.25, -0.2) is 4.98 Å². The molecule has 3 aromatic heterocycles. The number of hydrogen-bond donors (Lipinski definition) is 2. The summed E-state index contributed by atoms with van der Waals surface area (Å²) < 4.78 is 0. The molecule has 3 heterocycles. The van der Waals surface area contributed by atoms with E-state index >= 15 is 0 Å². The first kappa shape index (κ1) is 17.6. The highest BCUT2D eigenvalue weighted by atomic mass is 35.5. The normalized spacial score (nSPS) is 14.5. The Morgan fingerprint density at radius 2 is 2.04 bits per heavy atom. The van der Waals surface area contributed by atoms with E-state index in [0.29, 0.717) is 10.2 Å². The molecule has 27 heavy (non-hydrogen) atoms. The number of Topliss-reactive ketones (excluding diaryl/α,β-unsaturated/α-hetero) is 1. The molecule has 0 saturated heterocycles. The summed E-state index contributed by atoms with van der Waals surface area (Å²) in [4.78, 5) is 47.9. The van der Waals surface area contributed by atoms with Crippen LogP contribution in [0.4, 0.5) is 0 Å². The topological polar surface area (TPSA) is 119 Å². The summed E-state index contributed by atoms with van der Waals surface area (Å²) in [6.07, 6.45) is 3.86. The third-order valence-corrected chi connectivity index (χ3v) is 5.99. The van der Waals surface area contributed by atoms with Crippen LogP contribution in [0, 0.1) is 11.3 Å². The minimum Gasteiger partial charge on any atom is -0.313 e. The van der Waals surface area contributed by atoms with E-state index in [1.54, 1.807) is 0 Å². The van der Waals surface area contributed by atoms with Crippen molar-refractivity contribution in [1.82, 2.24) is 15.0 Å². The number of fused-ring (bicyclic) bond motifs is 3. The van der Waals surface area contributed by atoms with Crippen LogP contribution >= 0.6 is 22.9 Å². The Labute approximate surface area is 161 Å². The van der Waals surface area contributed by atoms with Gasteiger partial charge in [-0.3, -0.25) is 14.4 Å². The van der Waals surface area contributed by atoms with Crippen molar-refractivity contribution in [2.24, 2.45) is 0 Å². The number of nitrogens with zero attached hydrogens (tertiary/aromatic N) is 2. The molecule has 0 unspecified atom stereocenters. The number of halogens is 1. The number of aromatic amines is 2. The lowest BCUT2D eigenvalue weighted by Gasteiger charge is -2.10. The van der Waals surface area contributed by atoms with Gasteiger partial charge < -0.3 is 9.97 Å². The molecule has 1 aliphatic rings. The lowest BCUT2D eigenvalue weighted by molar-refractivity contribution is 0.0976. The molecule has 0 amide bonds. The minimum absolute atomic E-state index is 0.00891. The average molecular weight is 401 g/mol. The van der Waals surface area contributed by atoms with E-state index in [1.807, 2.05) is 6.07 Å². The molecular weight excluding hydrogens is 388 g/mol. The van der Waals surface area contributed by atoms with E-state index in [4.69, 9.17) is 11.6 Å². The average Bonchev–Trinajstić information content (AvgIpc) is 3.00. The van der Waals surface area contributed by atoms with Gasteiger partial charge in [0, 0.05) is 16.5 Å². The largest absolute Gasteiger partial charge is 0.313 e. The predicted molar refractivity (Wildman–Crippen MR) is 102 cm³/mol. The molecule has 0 bridgehead atoms. The zero-order chi connectivity index (χ0) is 19.1. The van der Waals surface area contributed by atoms with Gasteiger partial charge >= 0.3 is 0 Å². The first-order valence-corrected chi connectivity index (χ1v) is 9.55. The number of hydrogen-bond acceptors (Lipinski definition) is 6. The molecule has 0 aromatic carbocycles. The highest BCUT2D eigenvalue weighted by Crippen LogP contribution is 2.34. The second-order valence-corrected chi connectivity index (χ2v) is 7.84. The van der Waals surface area contributed by atoms with Gasteiger partial charge in [-0.15, -0.1) is 11.3 Å². The lowest BCUT2D eigenvalue weighted by atomic mass is 9.97. The van der Waals surface area contributed by atoms with Crippen molar-refractivity contribution in [1.29, 1.82) is 5.26 Å². The summed E-state index contributed by atoms with van der Waals surface area (Å²) in [7, 11) is 0. The van der Waals surface area contributed by atoms with E-state index in [2.05, 4.69) is 15.0 Å². The van der Waals surface area contributed by atoms with Gasteiger partial charge in [-0.1, -0.05) is 11.6 Å². The molecule has 0 aliphatic heterocycles. The molecule has 4 rings (SSSR count). The van der Waals surface area contributed by atoms with E-state index < -0.39 is 17.3 Å². The maximum Gasteiger partial charge on any atom is 0.259 e. The van der Waals surface area contributed by atoms with Crippen LogP contribution in [-0.4, -0.2) is 20.7 Å². The highest BCUT2D eigenvalue weighted by molar-refractivity contribution is 7.18. The Bertz CT molecular complexity index is 1230. The van der Waals surface area contributed by atoms with Crippen LogP contribution in [0.2, 0.25) is 5.15 Å². The first-order valence-electron chi connectivity index (χ1n) is 8.36. The van der Waals surface area contributed by atoms with E-state index in [-0.39, 0.29) is 22.1 Å². The fraction of sp³-hybridized carbons (Fsp3) is 0.278. The number of carbonyl (C=O) groups is 1. The molecular formula is C18H13ClN4O3S. The Hall–Kier alpha value is -2.76. The Morgan fingerprint density at radius 3 is 2.78 bits per heavy atom. The van der Waals surface area contributed by atoms with Gasteiger partial charge in [0.15, 0.2) is 11.7 Å². The number of pyridine rings is 1. The summed E-state index contributed by atoms with van der Waals surface area (Å²) >= 11 is 7.23. The third-order valence-electron chi connectivity index (χ3n) is 4.60. The molecule has 0 spiro atoms. The summed E-state index contributed by atoms with van der Waals surface area (Å²) in [5.74, 6) is -2.00. The fourth-order valence-corrected chi connectivity index (χ4v) is 4.86. The third kappa shape index (κ3) is 3.09. The summed E-state index contributed by atoms with van der Waals surface area (Å²) in [6.45, 7) is 0. The molecule has 136 valence electrons. The number of aromatic nitrogens is 3. The van der Waals surface area contributed by atoms with Crippen LogP contribution in [0.5, 0.6) is 0 Å². The van der Waals surface area contributed by atoms with Gasteiger partial charge in [-0.2, -0.15) is 5.26 Å². The molecule has 3 aromatic rings. The number of H-pyrrole nitrogens is 2. The van der Waals surface area contributed by atoms with Crippen molar-refractivity contribution >= 4 is 38.9 Å². The Morgan fingerprint density at radius 1 is 1.26 bits per heavy atom. The molecule has 9 heteroatoms. The molecule has 7 nitrogen and oxygen atoms in total. The van der Waals surface area contributed by atoms with E-state index in [9.17, 15) is 19.6 Å². The number of ketones is 1. The van der Waals surface area contributed by atoms with Gasteiger partial charge in [0.05, 0.1) is 11.5 Å². The van der Waals surface area contributed by atoms with Crippen molar-refractivity contribution < 1.29 is 4.79 Å². The number of nitriles is 1. The summed E-state index contributed by atoms with van der Waals surface area (Å²) in [5, 5.41) is 10.1. The van der Waals surface area contributed by atoms with Crippen molar-refractivity contribution in [2.75, 3.05) is 0 Å². The molecule has 0 radical (unpaired) electrons. The van der Waals surface area contributed by atoms with Crippen molar-refractivity contribution in [3.8, 4) is 6.07 Å². The number of thiophene rings is 1. The quantitative estimate of drug-likeness (QED) is 0.517. The van der Waals surface area contributed by atoms with Crippen molar-refractivity contribution in [3.63, 3.8) is 0 Å². The molecule has 0 saturated carbocycles. The first-order chi connectivity index (χ1) is 13.0. The maximum atomic E-state index is 12.7.